The summed E-state index contributed by atoms with van der Waals surface area (Å²) in [5.41, 5.74) is 0.797. The van der Waals surface area contributed by atoms with Crippen molar-refractivity contribution in [3.8, 4) is 0 Å². The lowest BCUT2D eigenvalue weighted by molar-refractivity contribution is -0.159. The lowest BCUT2D eigenvalue weighted by atomic mass is 10.1. The summed E-state index contributed by atoms with van der Waals surface area (Å²) in [7, 11) is 0. The van der Waals surface area contributed by atoms with Gasteiger partial charge in [0.25, 0.3) is 0 Å². The highest BCUT2D eigenvalue weighted by Crippen LogP contribution is 2.13. The molecule has 0 aliphatic carbocycles. The van der Waals surface area contributed by atoms with Crippen molar-refractivity contribution < 1.29 is 19.1 Å². The first-order chi connectivity index (χ1) is 8.15. The van der Waals surface area contributed by atoms with Gasteiger partial charge in [0.15, 0.2) is 0 Å². The molecule has 5 heteroatoms. The van der Waals surface area contributed by atoms with Crippen molar-refractivity contribution >= 4 is 23.5 Å². The van der Waals surface area contributed by atoms with E-state index in [-0.39, 0.29) is 6.42 Å². The van der Waals surface area contributed by atoms with E-state index in [1.165, 1.54) is 0 Å². The van der Waals surface area contributed by atoms with Gasteiger partial charge >= 0.3 is 11.9 Å². The molecule has 1 saturated heterocycles. The van der Waals surface area contributed by atoms with Gasteiger partial charge in [-0.2, -0.15) is 0 Å². The second-order valence-corrected chi connectivity index (χ2v) is 4.17. The number of ether oxygens (including phenoxy) is 2. The normalized spacial score (nSPS) is 18.9. The second-order valence-electron chi connectivity index (χ2n) is 3.74. The first-order valence-corrected chi connectivity index (χ1v) is 5.63. The molecule has 1 aliphatic rings. The van der Waals surface area contributed by atoms with Crippen LogP contribution in [-0.4, -0.2) is 24.6 Å². The van der Waals surface area contributed by atoms with E-state index in [0.717, 1.165) is 5.56 Å². The standard InChI is InChI=1S/C12H11ClO4/c13-9-3-1-8(2-4-9)7-11(14)17-10-5-6-16-12(10)15/h1-4,10H,5-7H2/t10-/m1/s1. The van der Waals surface area contributed by atoms with E-state index in [4.69, 9.17) is 21.1 Å². The molecule has 17 heavy (non-hydrogen) atoms. The van der Waals surface area contributed by atoms with Crippen LogP contribution in [0, 0.1) is 0 Å². The third-order valence-corrected chi connectivity index (χ3v) is 2.67. The minimum Gasteiger partial charge on any atom is -0.463 e. The molecule has 90 valence electrons. The fraction of sp³-hybridized carbons (Fsp3) is 0.333. The number of benzene rings is 1. The average molecular weight is 255 g/mol. The van der Waals surface area contributed by atoms with Gasteiger partial charge in [-0.3, -0.25) is 4.79 Å². The highest BCUT2D eigenvalue weighted by molar-refractivity contribution is 6.30. The van der Waals surface area contributed by atoms with Crippen molar-refractivity contribution in [1.29, 1.82) is 0 Å². The van der Waals surface area contributed by atoms with Gasteiger partial charge in [0.2, 0.25) is 6.10 Å². The highest BCUT2D eigenvalue weighted by atomic mass is 35.5. The van der Waals surface area contributed by atoms with E-state index in [1.807, 2.05) is 0 Å². The summed E-state index contributed by atoms with van der Waals surface area (Å²) in [6.07, 6.45) is -0.179. The van der Waals surface area contributed by atoms with Gasteiger partial charge in [0.05, 0.1) is 13.0 Å². The fourth-order valence-electron chi connectivity index (χ4n) is 1.55. The summed E-state index contributed by atoms with van der Waals surface area (Å²) >= 11 is 5.73. The highest BCUT2D eigenvalue weighted by Gasteiger charge is 2.29. The molecule has 0 radical (unpaired) electrons. The molecule has 0 unspecified atom stereocenters. The van der Waals surface area contributed by atoms with Gasteiger partial charge in [-0.05, 0) is 17.7 Å². The molecule has 4 nitrogen and oxygen atoms in total. The molecule has 1 atom stereocenters. The monoisotopic (exact) mass is 254 g/mol. The molecule has 0 N–H and O–H groups in total. The molecule has 0 bridgehead atoms. The maximum Gasteiger partial charge on any atom is 0.347 e. The Kier molecular flexibility index (Phi) is 3.64. The number of carbonyl (C=O) groups excluding carboxylic acids is 2. The summed E-state index contributed by atoms with van der Waals surface area (Å²) in [5.74, 6) is -0.898. The van der Waals surface area contributed by atoms with Crippen molar-refractivity contribution in [2.75, 3.05) is 6.61 Å². The summed E-state index contributed by atoms with van der Waals surface area (Å²) in [6, 6.07) is 6.90. The predicted octanol–water partition coefficient (Wildman–Crippen LogP) is 1.74. The van der Waals surface area contributed by atoms with Crippen LogP contribution in [-0.2, 0) is 25.5 Å². The van der Waals surface area contributed by atoms with Gasteiger partial charge in [-0.15, -0.1) is 0 Å². The Hall–Kier alpha value is -1.55. The van der Waals surface area contributed by atoms with Crippen LogP contribution in [0.4, 0.5) is 0 Å². The van der Waals surface area contributed by atoms with Crippen LogP contribution < -0.4 is 0 Å². The van der Waals surface area contributed by atoms with Gasteiger partial charge in [-0.1, -0.05) is 23.7 Å². The number of hydrogen-bond donors (Lipinski definition) is 0. The number of carbonyl (C=O) groups is 2. The van der Waals surface area contributed by atoms with E-state index in [0.29, 0.717) is 18.1 Å². The fourth-order valence-corrected chi connectivity index (χ4v) is 1.68. The van der Waals surface area contributed by atoms with E-state index in [1.54, 1.807) is 24.3 Å². The van der Waals surface area contributed by atoms with Crippen molar-refractivity contribution in [2.45, 2.75) is 18.9 Å². The molecule has 1 aromatic rings. The largest absolute Gasteiger partial charge is 0.463 e. The van der Waals surface area contributed by atoms with E-state index in [9.17, 15) is 9.59 Å². The predicted molar refractivity (Wildman–Crippen MR) is 60.6 cm³/mol. The Morgan fingerprint density at radius 3 is 2.71 bits per heavy atom. The van der Waals surface area contributed by atoms with Gasteiger partial charge in [0.1, 0.15) is 0 Å². The minimum absolute atomic E-state index is 0.126. The maximum atomic E-state index is 11.5. The van der Waals surface area contributed by atoms with Crippen LogP contribution in [0.25, 0.3) is 0 Å². The molecular weight excluding hydrogens is 244 g/mol. The van der Waals surface area contributed by atoms with Gasteiger partial charge < -0.3 is 9.47 Å². The Labute approximate surface area is 103 Å². The lowest BCUT2D eigenvalue weighted by Crippen LogP contribution is -2.23. The van der Waals surface area contributed by atoms with Crippen LogP contribution >= 0.6 is 11.6 Å². The molecular formula is C12H11ClO4. The van der Waals surface area contributed by atoms with E-state index in [2.05, 4.69) is 0 Å². The Morgan fingerprint density at radius 2 is 2.12 bits per heavy atom. The van der Waals surface area contributed by atoms with E-state index < -0.39 is 18.0 Å². The second kappa shape index (κ2) is 5.19. The molecule has 0 spiro atoms. The molecule has 1 heterocycles. The molecule has 0 saturated carbocycles. The van der Waals surface area contributed by atoms with Crippen LogP contribution in [0.15, 0.2) is 24.3 Å². The van der Waals surface area contributed by atoms with Crippen LogP contribution in [0.2, 0.25) is 5.02 Å². The Bertz CT molecular complexity index is 427. The molecule has 1 aliphatic heterocycles. The molecule has 0 amide bonds. The average Bonchev–Trinajstić information content (AvgIpc) is 2.68. The lowest BCUT2D eigenvalue weighted by Gasteiger charge is -2.08. The molecule has 0 aromatic heterocycles. The van der Waals surface area contributed by atoms with Crippen LogP contribution in [0.3, 0.4) is 0 Å². The number of esters is 2. The first kappa shape index (κ1) is 11.9. The van der Waals surface area contributed by atoms with Crippen molar-refractivity contribution in [3.63, 3.8) is 0 Å². The Morgan fingerprint density at radius 1 is 1.41 bits per heavy atom. The Balaban J connectivity index is 1.88. The molecule has 1 fully saturated rings. The quantitative estimate of drug-likeness (QED) is 0.771. The molecule has 2 rings (SSSR count). The smallest absolute Gasteiger partial charge is 0.347 e. The zero-order chi connectivity index (χ0) is 12.3. The summed E-state index contributed by atoms with van der Waals surface area (Å²) in [5, 5.41) is 0.612. The van der Waals surface area contributed by atoms with Crippen molar-refractivity contribution in [1.82, 2.24) is 0 Å². The topological polar surface area (TPSA) is 52.6 Å². The van der Waals surface area contributed by atoms with Crippen LogP contribution in [0.5, 0.6) is 0 Å². The molecule has 1 aromatic carbocycles. The number of halogens is 1. The van der Waals surface area contributed by atoms with Crippen molar-refractivity contribution in [3.05, 3.63) is 34.9 Å². The van der Waals surface area contributed by atoms with Gasteiger partial charge in [-0.25, -0.2) is 4.79 Å². The summed E-state index contributed by atoms with van der Waals surface area (Å²) < 4.78 is 9.71. The summed E-state index contributed by atoms with van der Waals surface area (Å²) in [6.45, 7) is 0.317. The SMILES string of the molecule is O=C(Cc1ccc(Cl)cc1)O[C@@H]1CCOC1=O. The van der Waals surface area contributed by atoms with E-state index >= 15 is 0 Å². The van der Waals surface area contributed by atoms with Gasteiger partial charge in [0, 0.05) is 11.4 Å². The number of cyclic esters (lactones) is 1. The zero-order valence-corrected chi connectivity index (χ0v) is 9.77. The minimum atomic E-state index is -0.741. The maximum absolute atomic E-state index is 11.5. The first-order valence-electron chi connectivity index (χ1n) is 5.26. The summed E-state index contributed by atoms with van der Waals surface area (Å²) in [4.78, 5) is 22.6. The number of rotatable bonds is 3. The number of hydrogen-bond acceptors (Lipinski definition) is 4. The zero-order valence-electron chi connectivity index (χ0n) is 9.02. The third-order valence-electron chi connectivity index (χ3n) is 2.42. The third kappa shape index (κ3) is 3.20. The van der Waals surface area contributed by atoms with Crippen molar-refractivity contribution in [2.24, 2.45) is 0 Å². The van der Waals surface area contributed by atoms with Crippen LogP contribution in [0.1, 0.15) is 12.0 Å².